The lowest BCUT2D eigenvalue weighted by Crippen LogP contribution is -2.34. The van der Waals surface area contributed by atoms with Gasteiger partial charge in [-0.15, -0.1) is 0 Å². The van der Waals surface area contributed by atoms with Gasteiger partial charge in [0.05, 0.1) is 18.2 Å². The molecule has 0 aliphatic rings. The SMILES string of the molecule is CCOC(=O)/C(C#N)=C/c1cn(C(c2ccccc2)c2ccccc2)c(=O)[nH]c1=O. The molecule has 1 N–H and O–H groups in total. The standard InChI is InChI=1S/C23H19N3O4/c1-2-30-22(28)18(14-24)13-19-15-26(23(29)25-21(19)27)20(16-9-5-3-6-10-16)17-11-7-4-8-12-17/h3-13,15,20H,2H2,1H3,(H,25,27,29)/b18-13+. The molecule has 0 aliphatic heterocycles. The molecule has 3 aromatic rings. The summed E-state index contributed by atoms with van der Waals surface area (Å²) in [5.41, 5.74) is 0.0228. The van der Waals surface area contributed by atoms with Gasteiger partial charge in [-0.2, -0.15) is 5.26 Å². The van der Waals surface area contributed by atoms with Gasteiger partial charge in [-0.1, -0.05) is 60.7 Å². The van der Waals surface area contributed by atoms with Crippen LogP contribution < -0.4 is 11.2 Å². The Bertz CT molecular complexity index is 1180. The van der Waals surface area contributed by atoms with Crippen LogP contribution in [0.15, 0.2) is 82.0 Å². The van der Waals surface area contributed by atoms with Gasteiger partial charge in [0, 0.05) is 6.20 Å². The minimum absolute atomic E-state index is 0.00364. The molecular weight excluding hydrogens is 382 g/mol. The number of nitrogens with one attached hydrogen (secondary N) is 1. The molecule has 150 valence electrons. The largest absolute Gasteiger partial charge is 0.462 e. The number of ether oxygens (including phenoxy) is 1. The van der Waals surface area contributed by atoms with E-state index in [2.05, 4.69) is 4.98 Å². The number of carbonyl (C=O) groups is 1. The van der Waals surface area contributed by atoms with Crippen LogP contribution >= 0.6 is 0 Å². The molecule has 0 spiro atoms. The second-order valence-electron chi connectivity index (χ2n) is 6.37. The van der Waals surface area contributed by atoms with Crippen molar-refractivity contribution < 1.29 is 9.53 Å². The van der Waals surface area contributed by atoms with Crippen molar-refractivity contribution in [3.63, 3.8) is 0 Å². The summed E-state index contributed by atoms with van der Waals surface area (Å²) in [4.78, 5) is 39.2. The van der Waals surface area contributed by atoms with E-state index < -0.39 is 23.3 Å². The van der Waals surface area contributed by atoms with E-state index in [0.717, 1.165) is 17.2 Å². The van der Waals surface area contributed by atoms with Gasteiger partial charge in [-0.3, -0.25) is 14.3 Å². The number of nitrogens with zero attached hydrogens (tertiary/aromatic N) is 2. The van der Waals surface area contributed by atoms with Crippen LogP contribution in [0.25, 0.3) is 6.08 Å². The number of esters is 1. The average Bonchev–Trinajstić information content (AvgIpc) is 2.76. The average molecular weight is 401 g/mol. The minimum atomic E-state index is -0.834. The zero-order chi connectivity index (χ0) is 21.5. The third-order valence-electron chi connectivity index (χ3n) is 4.42. The number of benzene rings is 2. The Hall–Kier alpha value is -4.18. The van der Waals surface area contributed by atoms with Crippen LogP contribution in [0.3, 0.4) is 0 Å². The zero-order valence-corrected chi connectivity index (χ0v) is 16.2. The topological polar surface area (TPSA) is 105 Å². The van der Waals surface area contributed by atoms with E-state index in [-0.39, 0.29) is 17.7 Å². The number of aromatic nitrogens is 2. The lowest BCUT2D eigenvalue weighted by molar-refractivity contribution is -0.137. The first-order chi connectivity index (χ1) is 14.5. The molecule has 0 unspecified atom stereocenters. The van der Waals surface area contributed by atoms with Crippen LogP contribution in [-0.4, -0.2) is 22.1 Å². The molecule has 0 bridgehead atoms. The first kappa shape index (κ1) is 20.6. The van der Waals surface area contributed by atoms with Crippen LogP contribution in [0.1, 0.15) is 29.7 Å². The highest BCUT2D eigenvalue weighted by atomic mass is 16.5. The molecule has 0 saturated heterocycles. The van der Waals surface area contributed by atoms with Gasteiger partial charge >= 0.3 is 11.7 Å². The molecule has 1 heterocycles. The number of aromatic amines is 1. The van der Waals surface area contributed by atoms with E-state index in [1.54, 1.807) is 13.0 Å². The van der Waals surface area contributed by atoms with Gasteiger partial charge in [0.15, 0.2) is 0 Å². The molecule has 0 atom stereocenters. The van der Waals surface area contributed by atoms with E-state index in [1.807, 2.05) is 60.7 Å². The number of H-pyrrole nitrogens is 1. The normalized spacial score (nSPS) is 11.2. The van der Waals surface area contributed by atoms with Gasteiger partial charge in [0.25, 0.3) is 5.56 Å². The summed E-state index contributed by atoms with van der Waals surface area (Å²) in [5.74, 6) is -0.834. The molecule has 0 radical (unpaired) electrons. The summed E-state index contributed by atoms with van der Waals surface area (Å²) >= 11 is 0. The van der Waals surface area contributed by atoms with E-state index in [9.17, 15) is 19.6 Å². The molecule has 7 heteroatoms. The van der Waals surface area contributed by atoms with E-state index in [1.165, 1.54) is 10.8 Å². The maximum absolute atomic E-state index is 12.7. The van der Waals surface area contributed by atoms with E-state index >= 15 is 0 Å². The fraction of sp³-hybridized carbons (Fsp3) is 0.130. The molecule has 1 aromatic heterocycles. The zero-order valence-electron chi connectivity index (χ0n) is 16.2. The molecule has 0 aliphatic carbocycles. The molecule has 0 amide bonds. The van der Waals surface area contributed by atoms with Crippen molar-refractivity contribution in [1.82, 2.24) is 9.55 Å². The van der Waals surface area contributed by atoms with Gasteiger partial charge in [-0.05, 0) is 24.1 Å². The molecule has 0 fully saturated rings. The van der Waals surface area contributed by atoms with E-state index in [0.29, 0.717) is 0 Å². The third kappa shape index (κ3) is 4.45. The fourth-order valence-corrected chi connectivity index (χ4v) is 3.08. The number of carbonyl (C=O) groups excluding carboxylic acids is 1. The van der Waals surface area contributed by atoms with Crippen LogP contribution in [-0.2, 0) is 9.53 Å². The van der Waals surface area contributed by atoms with Crippen molar-refractivity contribution >= 4 is 12.0 Å². The Morgan fingerprint density at radius 2 is 1.67 bits per heavy atom. The quantitative estimate of drug-likeness (QED) is 0.388. The second-order valence-corrected chi connectivity index (χ2v) is 6.37. The predicted molar refractivity (Wildman–Crippen MR) is 112 cm³/mol. The number of hydrogen-bond acceptors (Lipinski definition) is 5. The first-order valence-corrected chi connectivity index (χ1v) is 9.29. The Morgan fingerprint density at radius 3 is 2.17 bits per heavy atom. The van der Waals surface area contributed by atoms with Crippen LogP contribution in [0, 0.1) is 11.3 Å². The van der Waals surface area contributed by atoms with Gasteiger partial charge in [0.2, 0.25) is 0 Å². The number of rotatable bonds is 6. The minimum Gasteiger partial charge on any atom is -0.462 e. The maximum atomic E-state index is 12.7. The summed E-state index contributed by atoms with van der Waals surface area (Å²) in [5, 5.41) is 9.26. The Labute approximate surface area is 172 Å². The van der Waals surface area contributed by atoms with E-state index in [4.69, 9.17) is 4.74 Å². The highest BCUT2D eigenvalue weighted by molar-refractivity contribution is 5.97. The summed E-state index contributed by atoms with van der Waals surface area (Å²) in [6.45, 7) is 1.71. The van der Waals surface area contributed by atoms with Crippen LogP contribution in [0.2, 0.25) is 0 Å². The molecule has 3 rings (SSSR count). The monoisotopic (exact) mass is 401 g/mol. The molecule has 30 heavy (non-hydrogen) atoms. The van der Waals surface area contributed by atoms with Gasteiger partial charge in [0.1, 0.15) is 11.6 Å². The lowest BCUT2D eigenvalue weighted by Gasteiger charge is -2.21. The highest BCUT2D eigenvalue weighted by Crippen LogP contribution is 2.25. The number of nitriles is 1. The summed E-state index contributed by atoms with van der Waals surface area (Å²) in [6.07, 6.45) is 2.47. The fourth-order valence-electron chi connectivity index (χ4n) is 3.08. The summed E-state index contributed by atoms with van der Waals surface area (Å²) in [7, 11) is 0. The van der Waals surface area contributed by atoms with Crippen molar-refractivity contribution in [2.24, 2.45) is 0 Å². The summed E-state index contributed by atoms with van der Waals surface area (Å²) < 4.78 is 6.21. The molecule has 7 nitrogen and oxygen atoms in total. The van der Waals surface area contributed by atoms with Crippen molar-refractivity contribution in [2.75, 3.05) is 6.61 Å². The van der Waals surface area contributed by atoms with Crippen molar-refractivity contribution in [3.05, 3.63) is 110 Å². The number of hydrogen-bond donors (Lipinski definition) is 1. The Morgan fingerprint density at radius 1 is 1.10 bits per heavy atom. The molecule has 0 saturated carbocycles. The molecule has 2 aromatic carbocycles. The lowest BCUT2D eigenvalue weighted by atomic mass is 9.98. The second kappa shape index (κ2) is 9.34. The van der Waals surface area contributed by atoms with Crippen LogP contribution in [0.4, 0.5) is 0 Å². The Balaban J connectivity index is 2.20. The summed E-state index contributed by atoms with van der Waals surface area (Å²) in [6, 6.07) is 19.9. The highest BCUT2D eigenvalue weighted by Gasteiger charge is 2.19. The van der Waals surface area contributed by atoms with Crippen LogP contribution in [0.5, 0.6) is 0 Å². The predicted octanol–water partition coefficient (Wildman–Crippen LogP) is 2.64. The van der Waals surface area contributed by atoms with Gasteiger partial charge in [-0.25, -0.2) is 9.59 Å². The smallest absolute Gasteiger partial charge is 0.348 e. The Kier molecular flexibility index (Phi) is 6.40. The molecular formula is C23H19N3O4. The van der Waals surface area contributed by atoms with Crippen molar-refractivity contribution in [3.8, 4) is 6.07 Å². The maximum Gasteiger partial charge on any atom is 0.348 e. The first-order valence-electron chi connectivity index (χ1n) is 9.29. The third-order valence-corrected chi connectivity index (χ3v) is 4.42. The van der Waals surface area contributed by atoms with Gasteiger partial charge < -0.3 is 4.74 Å². The van der Waals surface area contributed by atoms with Crippen molar-refractivity contribution in [2.45, 2.75) is 13.0 Å². The van der Waals surface area contributed by atoms with Crippen molar-refractivity contribution in [1.29, 1.82) is 5.26 Å².